The summed E-state index contributed by atoms with van der Waals surface area (Å²) in [5, 5.41) is 0. The summed E-state index contributed by atoms with van der Waals surface area (Å²) < 4.78 is 38.9. The third-order valence-corrected chi connectivity index (χ3v) is 3.75. The van der Waals surface area contributed by atoms with Gasteiger partial charge >= 0.3 is 6.18 Å². The first-order valence-corrected chi connectivity index (χ1v) is 6.28. The SMILES string of the molecule is Cc1ccc(C(NN)c2cnccc2C(F)(F)F)s1. The first-order valence-electron chi connectivity index (χ1n) is 5.47. The number of pyridine rings is 1. The van der Waals surface area contributed by atoms with Crippen LogP contribution in [0.1, 0.15) is 26.9 Å². The predicted molar refractivity (Wildman–Crippen MR) is 67.5 cm³/mol. The van der Waals surface area contributed by atoms with E-state index in [1.165, 1.54) is 17.5 Å². The fraction of sp³-hybridized carbons (Fsp3) is 0.250. The molecule has 3 N–H and O–H groups in total. The van der Waals surface area contributed by atoms with E-state index in [1.807, 2.05) is 13.0 Å². The van der Waals surface area contributed by atoms with Crippen LogP contribution < -0.4 is 11.3 Å². The van der Waals surface area contributed by atoms with Crippen molar-refractivity contribution in [2.45, 2.75) is 19.1 Å². The zero-order valence-electron chi connectivity index (χ0n) is 10.0. The number of nitrogens with one attached hydrogen (secondary N) is 1. The van der Waals surface area contributed by atoms with Crippen LogP contribution in [0.4, 0.5) is 13.2 Å². The standard InChI is InChI=1S/C12H12F3N3S/c1-7-2-3-10(19-7)11(18-16)8-6-17-5-4-9(8)12(13,14)15/h2-6,11,18H,16H2,1H3. The Kier molecular flexibility index (Phi) is 3.88. The summed E-state index contributed by atoms with van der Waals surface area (Å²) in [5.41, 5.74) is 1.73. The lowest BCUT2D eigenvalue weighted by Crippen LogP contribution is -2.30. The van der Waals surface area contributed by atoms with Gasteiger partial charge in [0.1, 0.15) is 0 Å². The molecule has 0 aliphatic rings. The van der Waals surface area contributed by atoms with Gasteiger partial charge < -0.3 is 0 Å². The Bertz CT molecular complexity index is 565. The van der Waals surface area contributed by atoms with E-state index in [-0.39, 0.29) is 5.56 Å². The van der Waals surface area contributed by atoms with E-state index in [0.29, 0.717) is 0 Å². The zero-order valence-corrected chi connectivity index (χ0v) is 10.8. The molecule has 1 atom stereocenters. The molecule has 102 valence electrons. The highest BCUT2D eigenvalue weighted by molar-refractivity contribution is 7.12. The van der Waals surface area contributed by atoms with Crippen LogP contribution in [0.2, 0.25) is 0 Å². The number of hydrazine groups is 1. The fourth-order valence-corrected chi connectivity index (χ4v) is 2.79. The number of nitrogens with zero attached hydrogens (tertiary/aromatic N) is 1. The molecule has 2 aromatic heterocycles. The van der Waals surface area contributed by atoms with Crippen LogP contribution in [-0.4, -0.2) is 4.98 Å². The summed E-state index contributed by atoms with van der Waals surface area (Å²) >= 11 is 1.40. The van der Waals surface area contributed by atoms with Crippen molar-refractivity contribution in [3.63, 3.8) is 0 Å². The Morgan fingerprint density at radius 2 is 2.05 bits per heavy atom. The Morgan fingerprint density at radius 3 is 2.58 bits per heavy atom. The van der Waals surface area contributed by atoms with Gasteiger partial charge in [0.05, 0.1) is 11.6 Å². The second kappa shape index (κ2) is 5.28. The van der Waals surface area contributed by atoms with Crippen molar-refractivity contribution in [3.8, 4) is 0 Å². The molecule has 2 rings (SSSR count). The van der Waals surface area contributed by atoms with Gasteiger partial charge in [-0.2, -0.15) is 13.2 Å². The first kappa shape index (κ1) is 14.0. The monoisotopic (exact) mass is 287 g/mol. The van der Waals surface area contributed by atoms with E-state index in [1.54, 1.807) is 6.07 Å². The van der Waals surface area contributed by atoms with Crippen LogP contribution in [0.25, 0.3) is 0 Å². The summed E-state index contributed by atoms with van der Waals surface area (Å²) in [4.78, 5) is 5.50. The number of alkyl halides is 3. The molecule has 7 heteroatoms. The van der Waals surface area contributed by atoms with Crippen LogP contribution in [0.3, 0.4) is 0 Å². The molecular weight excluding hydrogens is 275 g/mol. The molecule has 0 bridgehead atoms. The maximum absolute atomic E-state index is 13.0. The zero-order chi connectivity index (χ0) is 14.0. The smallest absolute Gasteiger partial charge is 0.271 e. The normalized spacial score (nSPS) is 13.5. The number of thiophene rings is 1. The second-order valence-corrected chi connectivity index (χ2v) is 5.33. The van der Waals surface area contributed by atoms with E-state index in [2.05, 4.69) is 10.4 Å². The molecular formula is C12H12F3N3S. The van der Waals surface area contributed by atoms with Crippen molar-refractivity contribution in [2.75, 3.05) is 0 Å². The minimum Gasteiger partial charge on any atom is -0.271 e. The third-order valence-electron chi connectivity index (χ3n) is 2.68. The molecule has 0 saturated heterocycles. The second-order valence-electron chi connectivity index (χ2n) is 4.01. The van der Waals surface area contributed by atoms with Crippen molar-refractivity contribution in [3.05, 3.63) is 51.5 Å². The third kappa shape index (κ3) is 2.94. The molecule has 0 amide bonds. The number of aromatic nitrogens is 1. The lowest BCUT2D eigenvalue weighted by molar-refractivity contribution is -0.138. The minimum atomic E-state index is -4.43. The fourth-order valence-electron chi connectivity index (χ4n) is 1.83. The molecule has 2 aromatic rings. The molecule has 0 saturated carbocycles. The van der Waals surface area contributed by atoms with E-state index in [4.69, 9.17) is 5.84 Å². The van der Waals surface area contributed by atoms with Gasteiger partial charge in [0, 0.05) is 27.7 Å². The molecule has 3 nitrogen and oxygen atoms in total. The number of nitrogens with two attached hydrogens (primary N) is 1. The number of rotatable bonds is 3. The Hall–Kier alpha value is -1.44. The van der Waals surface area contributed by atoms with Crippen LogP contribution in [0.5, 0.6) is 0 Å². The van der Waals surface area contributed by atoms with Gasteiger partial charge in [0.2, 0.25) is 0 Å². The minimum absolute atomic E-state index is 0.0272. The number of aryl methyl sites for hydroxylation is 1. The highest BCUT2D eigenvalue weighted by Gasteiger charge is 2.35. The van der Waals surface area contributed by atoms with Crippen molar-refractivity contribution in [1.82, 2.24) is 10.4 Å². The van der Waals surface area contributed by atoms with Gasteiger partial charge in [-0.1, -0.05) is 0 Å². The summed E-state index contributed by atoms with van der Waals surface area (Å²) in [5.74, 6) is 5.42. The molecule has 0 aliphatic carbocycles. The summed E-state index contributed by atoms with van der Waals surface area (Å²) in [6, 6.07) is 3.84. The molecule has 1 unspecified atom stereocenters. The Balaban J connectivity index is 2.50. The van der Waals surface area contributed by atoms with Crippen molar-refractivity contribution >= 4 is 11.3 Å². The molecule has 0 fully saturated rings. The van der Waals surface area contributed by atoms with E-state index < -0.39 is 17.8 Å². The largest absolute Gasteiger partial charge is 0.416 e. The van der Waals surface area contributed by atoms with Gasteiger partial charge in [0.25, 0.3) is 0 Å². The van der Waals surface area contributed by atoms with Gasteiger partial charge in [-0.3, -0.25) is 10.8 Å². The Morgan fingerprint density at radius 1 is 1.32 bits per heavy atom. The number of hydrogen-bond donors (Lipinski definition) is 2. The lowest BCUT2D eigenvalue weighted by Gasteiger charge is -2.19. The number of hydrogen-bond acceptors (Lipinski definition) is 4. The average Bonchev–Trinajstić information content (AvgIpc) is 2.76. The highest BCUT2D eigenvalue weighted by atomic mass is 32.1. The van der Waals surface area contributed by atoms with Crippen LogP contribution in [0.15, 0.2) is 30.6 Å². The Labute approximate surface area is 112 Å². The van der Waals surface area contributed by atoms with Crippen LogP contribution in [-0.2, 0) is 6.18 Å². The van der Waals surface area contributed by atoms with Crippen LogP contribution >= 0.6 is 11.3 Å². The van der Waals surface area contributed by atoms with Gasteiger partial charge in [-0.25, -0.2) is 5.43 Å². The molecule has 0 aromatic carbocycles. The van der Waals surface area contributed by atoms with Gasteiger partial charge in [-0.05, 0) is 25.1 Å². The van der Waals surface area contributed by atoms with Crippen molar-refractivity contribution in [2.24, 2.45) is 5.84 Å². The summed E-state index contributed by atoms with van der Waals surface area (Å²) in [6.45, 7) is 1.88. The summed E-state index contributed by atoms with van der Waals surface area (Å²) in [7, 11) is 0. The molecule has 0 aliphatic heterocycles. The molecule has 0 radical (unpaired) electrons. The van der Waals surface area contributed by atoms with Gasteiger partial charge in [0.15, 0.2) is 0 Å². The van der Waals surface area contributed by atoms with E-state index in [0.717, 1.165) is 22.0 Å². The quantitative estimate of drug-likeness (QED) is 0.674. The molecule has 2 heterocycles. The van der Waals surface area contributed by atoms with Crippen molar-refractivity contribution < 1.29 is 13.2 Å². The number of halogens is 3. The van der Waals surface area contributed by atoms with E-state index >= 15 is 0 Å². The molecule has 19 heavy (non-hydrogen) atoms. The maximum atomic E-state index is 13.0. The summed E-state index contributed by atoms with van der Waals surface area (Å²) in [6.07, 6.45) is -2.11. The topological polar surface area (TPSA) is 50.9 Å². The maximum Gasteiger partial charge on any atom is 0.416 e. The molecule has 0 spiro atoms. The van der Waals surface area contributed by atoms with Crippen molar-refractivity contribution in [1.29, 1.82) is 0 Å². The predicted octanol–water partition coefficient (Wildman–Crippen LogP) is 3.02. The van der Waals surface area contributed by atoms with Crippen LogP contribution in [0, 0.1) is 6.92 Å². The van der Waals surface area contributed by atoms with Gasteiger partial charge in [-0.15, -0.1) is 11.3 Å². The lowest BCUT2D eigenvalue weighted by atomic mass is 10.0. The van der Waals surface area contributed by atoms with E-state index in [9.17, 15) is 13.2 Å². The first-order chi connectivity index (χ1) is 8.93. The highest BCUT2D eigenvalue weighted by Crippen LogP contribution is 2.37. The average molecular weight is 287 g/mol.